The van der Waals surface area contributed by atoms with Crippen LogP contribution in [0, 0.1) is 0 Å². The van der Waals surface area contributed by atoms with Crippen molar-refractivity contribution in [3.63, 3.8) is 0 Å². The van der Waals surface area contributed by atoms with E-state index in [9.17, 15) is 0 Å². The average Bonchev–Trinajstić information content (AvgIpc) is 2.58. The summed E-state index contributed by atoms with van der Waals surface area (Å²) in [6.45, 7) is 0. The lowest BCUT2D eigenvalue weighted by Gasteiger charge is -1.85. The van der Waals surface area contributed by atoms with E-state index in [2.05, 4.69) is 20.9 Å². The number of thiazole rings is 1. The van der Waals surface area contributed by atoms with Crippen molar-refractivity contribution in [1.29, 1.82) is 0 Å². The van der Waals surface area contributed by atoms with Crippen LogP contribution < -0.4 is 0 Å². The van der Waals surface area contributed by atoms with E-state index in [0.717, 1.165) is 10.6 Å². The largest absolute Gasteiger partial charge is 0.448 e. The summed E-state index contributed by atoms with van der Waals surface area (Å²) in [5.74, 6) is 0.784. The molecule has 0 radical (unpaired) electrons. The van der Waals surface area contributed by atoms with E-state index in [1.807, 2.05) is 12.1 Å². The van der Waals surface area contributed by atoms with Crippen molar-refractivity contribution >= 4 is 38.9 Å². The molecule has 12 heavy (non-hydrogen) atoms. The van der Waals surface area contributed by atoms with Crippen LogP contribution in [0.3, 0.4) is 0 Å². The van der Waals surface area contributed by atoms with Crippen molar-refractivity contribution in [2.24, 2.45) is 0 Å². The summed E-state index contributed by atoms with van der Waals surface area (Å²) in [7, 11) is 0. The molecular formula is C7H3BrClNOS. The minimum Gasteiger partial charge on any atom is -0.448 e. The summed E-state index contributed by atoms with van der Waals surface area (Å²) < 4.78 is 6.55. The Bertz CT molecular complexity index is 359. The van der Waals surface area contributed by atoms with Crippen LogP contribution in [0.4, 0.5) is 0 Å². The fraction of sp³-hybridized carbons (Fsp3) is 0. The van der Waals surface area contributed by atoms with E-state index in [4.69, 9.17) is 16.0 Å². The molecule has 0 aliphatic heterocycles. The SMILES string of the molecule is Clc1ncc(-c2ccc(Br)o2)s1. The maximum Gasteiger partial charge on any atom is 0.184 e. The third-order valence-corrected chi connectivity index (χ3v) is 2.85. The van der Waals surface area contributed by atoms with E-state index >= 15 is 0 Å². The van der Waals surface area contributed by atoms with Gasteiger partial charge >= 0.3 is 0 Å². The van der Waals surface area contributed by atoms with Gasteiger partial charge in [0.1, 0.15) is 5.76 Å². The zero-order valence-electron chi connectivity index (χ0n) is 5.75. The van der Waals surface area contributed by atoms with Gasteiger partial charge in [-0.25, -0.2) is 4.98 Å². The summed E-state index contributed by atoms with van der Waals surface area (Å²) in [6.07, 6.45) is 1.69. The highest BCUT2D eigenvalue weighted by Crippen LogP contribution is 2.31. The smallest absolute Gasteiger partial charge is 0.184 e. The molecule has 2 aromatic rings. The van der Waals surface area contributed by atoms with Crippen molar-refractivity contribution in [3.8, 4) is 10.6 Å². The number of nitrogens with zero attached hydrogens (tertiary/aromatic N) is 1. The maximum absolute atomic E-state index is 5.67. The van der Waals surface area contributed by atoms with Gasteiger partial charge in [-0.15, -0.1) is 0 Å². The normalized spacial score (nSPS) is 10.5. The van der Waals surface area contributed by atoms with Crippen molar-refractivity contribution in [2.75, 3.05) is 0 Å². The monoisotopic (exact) mass is 263 g/mol. The van der Waals surface area contributed by atoms with Crippen LogP contribution in [0.15, 0.2) is 27.4 Å². The predicted octanol–water partition coefficient (Wildman–Crippen LogP) is 3.82. The van der Waals surface area contributed by atoms with Crippen molar-refractivity contribution < 1.29 is 4.42 Å². The van der Waals surface area contributed by atoms with E-state index in [0.29, 0.717) is 9.14 Å². The van der Waals surface area contributed by atoms with Crippen LogP contribution in [-0.2, 0) is 0 Å². The molecule has 0 fully saturated rings. The summed E-state index contributed by atoms with van der Waals surface area (Å²) in [5, 5.41) is 0. The van der Waals surface area contributed by atoms with Crippen LogP contribution in [-0.4, -0.2) is 4.98 Å². The second kappa shape index (κ2) is 3.20. The van der Waals surface area contributed by atoms with Gasteiger partial charge in [0, 0.05) is 0 Å². The zero-order chi connectivity index (χ0) is 8.55. The summed E-state index contributed by atoms with van der Waals surface area (Å²) in [6, 6.07) is 3.71. The fourth-order valence-electron chi connectivity index (χ4n) is 0.813. The molecule has 0 saturated carbocycles. The molecule has 0 unspecified atom stereocenters. The summed E-state index contributed by atoms with van der Waals surface area (Å²) >= 11 is 10.3. The molecule has 0 saturated heterocycles. The van der Waals surface area contributed by atoms with Gasteiger partial charge in [-0.05, 0) is 28.1 Å². The minimum absolute atomic E-state index is 0.525. The Hall–Kier alpha value is -0.320. The lowest BCUT2D eigenvalue weighted by molar-refractivity contribution is 0.557. The highest BCUT2D eigenvalue weighted by molar-refractivity contribution is 9.10. The molecule has 0 amide bonds. The van der Waals surface area contributed by atoms with Crippen molar-refractivity contribution in [3.05, 3.63) is 27.5 Å². The van der Waals surface area contributed by atoms with Gasteiger partial charge < -0.3 is 4.42 Å². The highest BCUT2D eigenvalue weighted by Gasteiger charge is 2.06. The third-order valence-electron chi connectivity index (χ3n) is 1.29. The van der Waals surface area contributed by atoms with E-state index in [-0.39, 0.29) is 0 Å². The zero-order valence-corrected chi connectivity index (χ0v) is 8.91. The van der Waals surface area contributed by atoms with Gasteiger partial charge in [0.15, 0.2) is 9.14 Å². The fourth-order valence-corrected chi connectivity index (χ4v) is 2.02. The summed E-state index contributed by atoms with van der Waals surface area (Å²) in [5.41, 5.74) is 0. The lowest BCUT2D eigenvalue weighted by Crippen LogP contribution is -1.60. The molecule has 2 rings (SSSR count). The number of rotatable bonds is 1. The average molecular weight is 265 g/mol. The summed E-state index contributed by atoms with van der Waals surface area (Å²) in [4.78, 5) is 4.85. The highest BCUT2D eigenvalue weighted by atomic mass is 79.9. The molecule has 0 spiro atoms. The Kier molecular flexibility index (Phi) is 2.21. The maximum atomic E-state index is 5.67. The molecule has 62 valence electrons. The first-order chi connectivity index (χ1) is 5.75. The number of hydrogen-bond donors (Lipinski definition) is 0. The van der Waals surface area contributed by atoms with Gasteiger partial charge in [0.2, 0.25) is 0 Å². The van der Waals surface area contributed by atoms with Crippen LogP contribution >= 0.6 is 38.9 Å². The van der Waals surface area contributed by atoms with Crippen LogP contribution in [0.5, 0.6) is 0 Å². The molecule has 5 heteroatoms. The Morgan fingerprint density at radius 2 is 2.33 bits per heavy atom. The molecule has 0 bridgehead atoms. The first-order valence-corrected chi connectivity index (χ1v) is 5.11. The molecule has 2 heterocycles. The molecular weight excluding hydrogens is 262 g/mol. The number of furan rings is 1. The molecule has 0 N–H and O–H groups in total. The van der Waals surface area contributed by atoms with Crippen LogP contribution in [0.2, 0.25) is 4.47 Å². The molecule has 2 nitrogen and oxygen atoms in total. The predicted molar refractivity (Wildman–Crippen MR) is 52.5 cm³/mol. The van der Waals surface area contributed by atoms with E-state index < -0.39 is 0 Å². The third kappa shape index (κ3) is 1.55. The molecule has 0 atom stereocenters. The number of hydrogen-bond acceptors (Lipinski definition) is 3. The molecule has 0 aromatic carbocycles. The van der Waals surface area contributed by atoms with E-state index in [1.54, 1.807) is 6.20 Å². The molecule has 2 aromatic heterocycles. The molecule has 0 aliphatic rings. The topological polar surface area (TPSA) is 26.0 Å². The van der Waals surface area contributed by atoms with Gasteiger partial charge in [-0.2, -0.15) is 0 Å². The van der Waals surface area contributed by atoms with Gasteiger partial charge in [0.05, 0.1) is 11.1 Å². The van der Waals surface area contributed by atoms with E-state index in [1.165, 1.54) is 11.3 Å². The van der Waals surface area contributed by atoms with Crippen molar-refractivity contribution in [2.45, 2.75) is 0 Å². The molecule has 0 aliphatic carbocycles. The van der Waals surface area contributed by atoms with Crippen LogP contribution in [0.25, 0.3) is 10.6 Å². The Morgan fingerprint density at radius 1 is 1.50 bits per heavy atom. The Balaban J connectivity index is 2.43. The Labute approximate surface area is 86.3 Å². The van der Waals surface area contributed by atoms with Gasteiger partial charge in [0.25, 0.3) is 0 Å². The first kappa shape index (κ1) is 8.29. The quantitative estimate of drug-likeness (QED) is 0.782. The van der Waals surface area contributed by atoms with Gasteiger partial charge in [-0.3, -0.25) is 0 Å². The standard InChI is InChI=1S/C7H3BrClNOS/c8-6-2-1-4(11-6)5-3-10-7(9)12-5/h1-3H. The van der Waals surface area contributed by atoms with Gasteiger partial charge in [-0.1, -0.05) is 22.9 Å². The second-order valence-corrected chi connectivity index (χ2v) is 4.48. The lowest BCUT2D eigenvalue weighted by atomic mass is 10.4. The number of halogens is 2. The minimum atomic E-state index is 0.525. The number of aromatic nitrogens is 1. The van der Waals surface area contributed by atoms with Crippen LogP contribution in [0.1, 0.15) is 0 Å². The van der Waals surface area contributed by atoms with Crippen molar-refractivity contribution in [1.82, 2.24) is 4.98 Å². The first-order valence-electron chi connectivity index (χ1n) is 3.13. The Morgan fingerprint density at radius 3 is 2.83 bits per heavy atom. The second-order valence-electron chi connectivity index (χ2n) is 2.08.